The molecule has 0 N–H and O–H groups in total. The molecule has 2 atom stereocenters. The number of allylic oxidation sites excluding steroid dienone is 1. The maximum atomic E-state index is 12.5. The van der Waals surface area contributed by atoms with Gasteiger partial charge in [-0.05, 0) is 13.3 Å². The number of hydrogen-bond acceptors (Lipinski definition) is 6. The zero-order chi connectivity index (χ0) is 16.3. The van der Waals surface area contributed by atoms with Gasteiger partial charge in [-0.15, -0.1) is 16.8 Å². The molecule has 0 bridgehead atoms. The van der Waals surface area contributed by atoms with Gasteiger partial charge in [0.2, 0.25) is 5.91 Å². The van der Waals surface area contributed by atoms with Crippen molar-refractivity contribution in [2.75, 3.05) is 18.6 Å². The van der Waals surface area contributed by atoms with Gasteiger partial charge in [0.15, 0.2) is 15.0 Å². The van der Waals surface area contributed by atoms with Gasteiger partial charge in [0, 0.05) is 19.6 Å². The predicted molar refractivity (Wildman–Crippen MR) is 85.4 cm³/mol. The lowest BCUT2D eigenvalue weighted by Gasteiger charge is -2.26. The fourth-order valence-corrected chi connectivity index (χ4v) is 5.07. The van der Waals surface area contributed by atoms with Crippen molar-refractivity contribution in [3.8, 4) is 0 Å². The predicted octanol–water partition coefficient (Wildman–Crippen LogP) is 0.590. The second-order valence-corrected chi connectivity index (χ2v) is 8.86. The molecule has 2 heterocycles. The van der Waals surface area contributed by atoms with Gasteiger partial charge in [-0.2, -0.15) is 0 Å². The van der Waals surface area contributed by atoms with Crippen molar-refractivity contribution in [3.05, 3.63) is 19.0 Å². The van der Waals surface area contributed by atoms with Crippen molar-refractivity contribution in [2.24, 2.45) is 0 Å². The maximum Gasteiger partial charge on any atom is 0.235 e. The van der Waals surface area contributed by atoms with Gasteiger partial charge in [0.05, 0.1) is 16.8 Å². The zero-order valence-corrected chi connectivity index (χ0v) is 14.3. The molecule has 2 rings (SSSR count). The molecule has 1 aliphatic rings. The average Bonchev–Trinajstić information content (AvgIpc) is 3.04. The number of sulfone groups is 1. The van der Waals surface area contributed by atoms with Crippen molar-refractivity contribution in [3.63, 3.8) is 0 Å². The Morgan fingerprint density at radius 3 is 3.00 bits per heavy atom. The molecule has 0 aromatic carbocycles. The molecular formula is C13H20N4O3S2. The van der Waals surface area contributed by atoms with E-state index in [0.29, 0.717) is 18.1 Å². The summed E-state index contributed by atoms with van der Waals surface area (Å²) in [7, 11) is -1.34. The first kappa shape index (κ1) is 17.0. The van der Waals surface area contributed by atoms with Crippen LogP contribution in [0.4, 0.5) is 0 Å². The van der Waals surface area contributed by atoms with Crippen LogP contribution in [0.2, 0.25) is 0 Å². The summed E-state index contributed by atoms with van der Waals surface area (Å²) >= 11 is 1.31. The Labute approximate surface area is 134 Å². The fourth-order valence-electron chi connectivity index (χ4n) is 2.36. The van der Waals surface area contributed by atoms with Crippen LogP contribution in [-0.4, -0.2) is 63.8 Å². The minimum absolute atomic E-state index is 0.0548. The standard InChI is InChI=1S/C13H20N4O3S2/c1-4-6-17-9-14-15-13(17)21-10(2)12(18)16(3)11-5-7-22(19,20)8-11/h4,9-11H,1,5-8H2,2-3H3. The molecule has 122 valence electrons. The summed E-state index contributed by atoms with van der Waals surface area (Å²) in [5.41, 5.74) is 0. The Morgan fingerprint density at radius 2 is 2.41 bits per heavy atom. The highest BCUT2D eigenvalue weighted by molar-refractivity contribution is 8.00. The zero-order valence-electron chi connectivity index (χ0n) is 12.7. The number of hydrogen-bond donors (Lipinski definition) is 0. The van der Waals surface area contributed by atoms with Crippen molar-refractivity contribution in [2.45, 2.75) is 36.3 Å². The summed E-state index contributed by atoms with van der Waals surface area (Å²) in [6.45, 7) is 6.04. The van der Waals surface area contributed by atoms with Crippen LogP contribution in [-0.2, 0) is 21.2 Å². The minimum Gasteiger partial charge on any atom is -0.341 e. The summed E-state index contributed by atoms with van der Waals surface area (Å²) < 4.78 is 24.9. The van der Waals surface area contributed by atoms with Gasteiger partial charge >= 0.3 is 0 Å². The van der Waals surface area contributed by atoms with Gasteiger partial charge in [-0.1, -0.05) is 17.8 Å². The molecule has 9 heteroatoms. The highest BCUT2D eigenvalue weighted by Gasteiger charge is 2.34. The Kier molecular flexibility index (Phi) is 5.28. The van der Waals surface area contributed by atoms with Crippen LogP contribution in [0.5, 0.6) is 0 Å². The molecular weight excluding hydrogens is 324 g/mol. The minimum atomic E-state index is -3.00. The van der Waals surface area contributed by atoms with Crippen molar-refractivity contribution in [1.82, 2.24) is 19.7 Å². The maximum absolute atomic E-state index is 12.5. The van der Waals surface area contributed by atoms with Crippen LogP contribution in [0.1, 0.15) is 13.3 Å². The van der Waals surface area contributed by atoms with E-state index in [1.807, 2.05) is 4.57 Å². The molecule has 0 aliphatic carbocycles. The second kappa shape index (κ2) is 6.82. The molecule has 1 saturated heterocycles. The topological polar surface area (TPSA) is 85.2 Å². The van der Waals surface area contributed by atoms with E-state index in [9.17, 15) is 13.2 Å². The molecule has 0 saturated carbocycles. The Bertz CT molecular complexity index is 656. The summed E-state index contributed by atoms with van der Waals surface area (Å²) in [5, 5.41) is 8.12. The van der Waals surface area contributed by atoms with Crippen LogP contribution < -0.4 is 0 Å². The Hall–Kier alpha value is -1.35. The number of carbonyl (C=O) groups excluding carboxylic acids is 1. The van der Waals surface area contributed by atoms with Gasteiger partial charge in [-0.3, -0.25) is 4.79 Å². The van der Waals surface area contributed by atoms with Crippen LogP contribution in [0, 0.1) is 0 Å². The van der Waals surface area contributed by atoms with Gasteiger partial charge in [0.1, 0.15) is 6.33 Å². The fraction of sp³-hybridized carbons (Fsp3) is 0.615. The molecule has 22 heavy (non-hydrogen) atoms. The van der Waals surface area contributed by atoms with E-state index < -0.39 is 9.84 Å². The first-order valence-electron chi connectivity index (χ1n) is 6.96. The van der Waals surface area contributed by atoms with E-state index in [1.165, 1.54) is 11.8 Å². The van der Waals surface area contributed by atoms with E-state index in [0.717, 1.165) is 0 Å². The number of carbonyl (C=O) groups is 1. The molecule has 1 fully saturated rings. The van der Waals surface area contributed by atoms with Crippen LogP contribution in [0.15, 0.2) is 24.1 Å². The lowest BCUT2D eigenvalue weighted by atomic mass is 10.2. The third kappa shape index (κ3) is 3.89. The van der Waals surface area contributed by atoms with Gasteiger partial charge < -0.3 is 9.47 Å². The van der Waals surface area contributed by atoms with Gasteiger partial charge in [-0.25, -0.2) is 8.42 Å². The van der Waals surface area contributed by atoms with Crippen LogP contribution in [0.3, 0.4) is 0 Å². The van der Waals surface area contributed by atoms with Crippen molar-refractivity contribution >= 4 is 27.5 Å². The Morgan fingerprint density at radius 1 is 1.68 bits per heavy atom. The quantitative estimate of drug-likeness (QED) is 0.555. The molecule has 0 radical (unpaired) electrons. The Balaban J connectivity index is 1.99. The number of nitrogens with zero attached hydrogens (tertiary/aromatic N) is 4. The first-order valence-corrected chi connectivity index (χ1v) is 9.66. The van der Waals surface area contributed by atoms with E-state index in [1.54, 1.807) is 31.3 Å². The second-order valence-electron chi connectivity index (χ2n) is 5.32. The van der Waals surface area contributed by atoms with Crippen LogP contribution >= 0.6 is 11.8 Å². The summed E-state index contributed by atoms with van der Waals surface area (Å²) in [6, 6.07) is -0.230. The summed E-state index contributed by atoms with van der Waals surface area (Å²) in [6.07, 6.45) is 3.83. The van der Waals surface area contributed by atoms with Crippen LogP contribution in [0.25, 0.3) is 0 Å². The molecule has 2 unspecified atom stereocenters. The first-order chi connectivity index (χ1) is 10.3. The van der Waals surface area contributed by atoms with E-state index in [-0.39, 0.29) is 28.7 Å². The van der Waals surface area contributed by atoms with Crippen molar-refractivity contribution < 1.29 is 13.2 Å². The molecule has 1 aromatic rings. The van der Waals surface area contributed by atoms with Crippen molar-refractivity contribution in [1.29, 1.82) is 0 Å². The number of thioether (sulfide) groups is 1. The molecule has 1 aromatic heterocycles. The lowest BCUT2D eigenvalue weighted by Crippen LogP contribution is -2.41. The molecule has 0 spiro atoms. The molecule has 1 aliphatic heterocycles. The third-order valence-corrected chi connectivity index (χ3v) is 6.47. The molecule has 1 amide bonds. The monoisotopic (exact) mass is 344 g/mol. The number of aromatic nitrogens is 3. The highest BCUT2D eigenvalue weighted by atomic mass is 32.2. The smallest absolute Gasteiger partial charge is 0.235 e. The SMILES string of the molecule is C=CCn1cnnc1SC(C)C(=O)N(C)C1CCS(=O)(=O)C1. The van der Waals surface area contributed by atoms with E-state index in [4.69, 9.17) is 0 Å². The lowest BCUT2D eigenvalue weighted by molar-refractivity contribution is -0.130. The summed E-state index contributed by atoms with van der Waals surface area (Å²) in [4.78, 5) is 14.0. The highest BCUT2D eigenvalue weighted by Crippen LogP contribution is 2.24. The number of amides is 1. The van der Waals surface area contributed by atoms with Gasteiger partial charge in [0.25, 0.3) is 0 Å². The number of rotatable bonds is 6. The molecule has 7 nitrogen and oxygen atoms in total. The largest absolute Gasteiger partial charge is 0.341 e. The van der Waals surface area contributed by atoms with E-state index in [2.05, 4.69) is 16.8 Å². The third-order valence-electron chi connectivity index (χ3n) is 3.64. The average molecular weight is 344 g/mol. The van der Waals surface area contributed by atoms with E-state index >= 15 is 0 Å². The normalized spacial score (nSPS) is 21.5. The summed E-state index contributed by atoms with van der Waals surface area (Å²) in [5.74, 6) is 0.115.